The number of likely N-dealkylation sites (tertiary alicyclic amines) is 1. The summed E-state index contributed by atoms with van der Waals surface area (Å²) in [6.45, 7) is 3.90. The van der Waals surface area contributed by atoms with Gasteiger partial charge in [0, 0.05) is 31.0 Å². The molecule has 3 heteroatoms. The van der Waals surface area contributed by atoms with Gasteiger partial charge in [-0.25, -0.2) is 0 Å². The van der Waals surface area contributed by atoms with Crippen LogP contribution in [0.15, 0.2) is 30.3 Å². The Morgan fingerprint density at radius 2 is 2.06 bits per heavy atom. The van der Waals surface area contributed by atoms with Crippen molar-refractivity contribution >= 4 is 11.6 Å². The van der Waals surface area contributed by atoms with Crippen molar-refractivity contribution in [2.24, 2.45) is 5.92 Å². The summed E-state index contributed by atoms with van der Waals surface area (Å²) in [5, 5.41) is 0. The molecule has 1 saturated heterocycles. The third kappa shape index (κ3) is 3.05. The van der Waals surface area contributed by atoms with Crippen LogP contribution in [0.3, 0.4) is 0 Å². The molecule has 2 rings (SSSR count). The van der Waals surface area contributed by atoms with E-state index < -0.39 is 0 Å². The summed E-state index contributed by atoms with van der Waals surface area (Å²) in [6.07, 6.45) is 1.45. The predicted octanol–water partition coefficient (Wildman–Crippen LogP) is 2.17. The number of rotatable bonds is 4. The molecule has 1 aromatic rings. The van der Waals surface area contributed by atoms with Crippen molar-refractivity contribution in [2.75, 3.05) is 19.6 Å². The van der Waals surface area contributed by atoms with Crippen LogP contribution >= 0.6 is 0 Å². The number of carbonyl (C=O) groups is 2. The van der Waals surface area contributed by atoms with Crippen LogP contribution in [0.4, 0.5) is 0 Å². The second-order valence-electron chi connectivity index (χ2n) is 4.85. The number of ketones is 2. The van der Waals surface area contributed by atoms with Crippen LogP contribution in [0.2, 0.25) is 0 Å². The van der Waals surface area contributed by atoms with Gasteiger partial charge in [0.05, 0.1) is 6.54 Å². The molecule has 1 aliphatic rings. The van der Waals surface area contributed by atoms with Crippen LogP contribution in [-0.2, 0) is 4.79 Å². The molecule has 0 N–H and O–H groups in total. The highest BCUT2D eigenvalue weighted by molar-refractivity contribution is 5.97. The zero-order valence-electron chi connectivity index (χ0n) is 10.8. The summed E-state index contributed by atoms with van der Waals surface area (Å²) < 4.78 is 0. The number of nitrogens with zero attached hydrogens (tertiary/aromatic N) is 1. The first kappa shape index (κ1) is 13.0. The Morgan fingerprint density at radius 1 is 1.33 bits per heavy atom. The zero-order chi connectivity index (χ0) is 13.0. The molecule has 96 valence electrons. The predicted molar refractivity (Wildman–Crippen MR) is 70.6 cm³/mol. The maximum Gasteiger partial charge on any atom is 0.176 e. The molecule has 1 fully saturated rings. The molecule has 1 aliphatic heterocycles. The first-order valence-electron chi connectivity index (χ1n) is 6.54. The number of piperidine rings is 1. The molecule has 1 unspecified atom stereocenters. The van der Waals surface area contributed by atoms with Gasteiger partial charge in [-0.05, 0) is 6.42 Å². The van der Waals surface area contributed by atoms with E-state index in [1.807, 2.05) is 37.3 Å². The molecule has 0 radical (unpaired) electrons. The fraction of sp³-hybridized carbons (Fsp3) is 0.467. The number of benzene rings is 1. The van der Waals surface area contributed by atoms with E-state index in [1.165, 1.54) is 0 Å². The highest BCUT2D eigenvalue weighted by Crippen LogP contribution is 2.16. The Labute approximate surface area is 108 Å². The van der Waals surface area contributed by atoms with Crippen molar-refractivity contribution in [3.63, 3.8) is 0 Å². The Morgan fingerprint density at radius 3 is 2.72 bits per heavy atom. The van der Waals surface area contributed by atoms with Crippen molar-refractivity contribution in [1.29, 1.82) is 0 Å². The summed E-state index contributed by atoms with van der Waals surface area (Å²) in [7, 11) is 0. The number of carbonyl (C=O) groups excluding carboxylic acids is 2. The van der Waals surface area contributed by atoms with E-state index in [2.05, 4.69) is 4.90 Å². The van der Waals surface area contributed by atoms with Gasteiger partial charge in [0.2, 0.25) is 0 Å². The molecule has 3 nitrogen and oxygen atoms in total. The van der Waals surface area contributed by atoms with Crippen LogP contribution in [-0.4, -0.2) is 36.1 Å². The maximum absolute atomic E-state index is 12.1. The molecule has 18 heavy (non-hydrogen) atoms. The standard InChI is InChI=1S/C15H19NO2/c1-2-12-10-16(9-8-14(12)17)11-15(18)13-6-4-3-5-7-13/h3-7,12H,2,8-11H2,1H3. The summed E-state index contributed by atoms with van der Waals surface area (Å²) in [6, 6.07) is 9.34. The topological polar surface area (TPSA) is 37.4 Å². The SMILES string of the molecule is CCC1CN(CC(=O)c2ccccc2)CCC1=O. The van der Waals surface area contributed by atoms with Crippen molar-refractivity contribution in [3.05, 3.63) is 35.9 Å². The largest absolute Gasteiger partial charge is 0.299 e. The van der Waals surface area contributed by atoms with Crippen LogP contribution in [0.25, 0.3) is 0 Å². The van der Waals surface area contributed by atoms with E-state index in [9.17, 15) is 9.59 Å². The Bertz CT molecular complexity index is 427. The van der Waals surface area contributed by atoms with Gasteiger partial charge in [-0.2, -0.15) is 0 Å². The smallest absolute Gasteiger partial charge is 0.176 e. The quantitative estimate of drug-likeness (QED) is 0.763. The molecule has 1 atom stereocenters. The van der Waals surface area contributed by atoms with E-state index in [4.69, 9.17) is 0 Å². The van der Waals surface area contributed by atoms with Crippen molar-refractivity contribution in [2.45, 2.75) is 19.8 Å². The Kier molecular flexibility index (Phi) is 4.26. The van der Waals surface area contributed by atoms with Gasteiger partial charge in [-0.1, -0.05) is 37.3 Å². The summed E-state index contributed by atoms with van der Waals surface area (Å²) >= 11 is 0. The minimum absolute atomic E-state index is 0.113. The molecule has 0 saturated carbocycles. The van der Waals surface area contributed by atoms with E-state index in [-0.39, 0.29) is 11.7 Å². The molecule has 0 spiro atoms. The van der Waals surface area contributed by atoms with Crippen molar-refractivity contribution < 1.29 is 9.59 Å². The lowest BCUT2D eigenvalue weighted by atomic mass is 9.94. The van der Waals surface area contributed by atoms with Crippen molar-refractivity contribution in [1.82, 2.24) is 4.90 Å². The fourth-order valence-electron chi connectivity index (χ4n) is 2.40. The van der Waals surface area contributed by atoms with Crippen LogP contribution in [0.5, 0.6) is 0 Å². The third-order valence-corrected chi connectivity index (χ3v) is 3.56. The van der Waals surface area contributed by atoms with Gasteiger partial charge in [0.25, 0.3) is 0 Å². The van der Waals surface area contributed by atoms with Gasteiger partial charge < -0.3 is 0 Å². The normalized spacial score (nSPS) is 20.9. The van der Waals surface area contributed by atoms with Gasteiger partial charge in [-0.3, -0.25) is 14.5 Å². The molecule has 0 bridgehead atoms. The van der Waals surface area contributed by atoms with Crippen molar-refractivity contribution in [3.8, 4) is 0 Å². The summed E-state index contributed by atoms with van der Waals surface area (Å²) in [5.41, 5.74) is 0.752. The lowest BCUT2D eigenvalue weighted by Gasteiger charge is -2.30. The van der Waals surface area contributed by atoms with E-state index in [0.717, 1.165) is 18.5 Å². The first-order valence-corrected chi connectivity index (χ1v) is 6.54. The second kappa shape index (κ2) is 5.91. The zero-order valence-corrected chi connectivity index (χ0v) is 10.8. The lowest BCUT2D eigenvalue weighted by molar-refractivity contribution is -0.126. The lowest BCUT2D eigenvalue weighted by Crippen LogP contribution is -2.42. The van der Waals surface area contributed by atoms with Gasteiger partial charge in [0.15, 0.2) is 5.78 Å². The number of Topliss-reactive ketones (excluding diaryl/α,β-unsaturated/α-hetero) is 2. The van der Waals surface area contributed by atoms with Crippen LogP contribution in [0.1, 0.15) is 30.1 Å². The fourth-order valence-corrected chi connectivity index (χ4v) is 2.40. The van der Waals surface area contributed by atoms with Crippen LogP contribution in [0, 0.1) is 5.92 Å². The molecule has 0 aliphatic carbocycles. The minimum Gasteiger partial charge on any atom is -0.299 e. The maximum atomic E-state index is 12.1. The molecule has 1 heterocycles. The highest BCUT2D eigenvalue weighted by Gasteiger charge is 2.26. The Hall–Kier alpha value is -1.48. The summed E-state index contributed by atoms with van der Waals surface area (Å²) in [4.78, 5) is 25.8. The van der Waals surface area contributed by atoms with Gasteiger partial charge >= 0.3 is 0 Å². The summed E-state index contributed by atoms with van der Waals surface area (Å²) in [5.74, 6) is 0.600. The Balaban J connectivity index is 1.94. The molecular formula is C15H19NO2. The average molecular weight is 245 g/mol. The highest BCUT2D eigenvalue weighted by atomic mass is 16.1. The number of hydrogen-bond acceptors (Lipinski definition) is 3. The monoisotopic (exact) mass is 245 g/mol. The van der Waals surface area contributed by atoms with Gasteiger partial charge in [-0.15, -0.1) is 0 Å². The van der Waals surface area contributed by atoms with E-state index in [1.54, 1.807) is 0 Å². The second-order valence-corrected chi connectivity index (χ2v) is 4.85. The molecule has 1 aromatic carbocycles. The molecular weight excluding hydrogens is 226 g/mol. The minimum atomic E-state index is 0.113. The van der Waals surface area contributed by atoms with E-state index in [0.29, 0.717) is 25.3 Å². The van der Waals surface area contributed by atoms with E-state index >= 15 is 0 Å². The van der Waals surface area contributed by atoms with Gasteiger partial charge in [0.1, 0.15) is 5.78 Å². The average Bonchev–Trinajstić information content (AvgIpc) is 2.42. The first-order chi connectivity index (χ1) is 8.70. The number of hydrogen-bond donors (Lipinski definition) is 0. The van der Waals surface area contributed by atoms with Crippen LogP contribution < -0.4 is 0 Å². The molecule has 0 amide bonds. The molecule has 0 aromatic heterocycles. The third-order valence-electron chi connectivity index (χ3n) is 3.56.